The number of imidazole rings is 1. The van der Waals surface area contributed by atoms with Crippen LogP contribution in [0.25, 0.3) is 0 Å². The molecule has 1 saturated carbocycles. The molecule has 0 spiro atoms. The first kappa shape index (κ1) is 30.8. The van der Waals surface area contributed by atoms with Gasteiger partial charge in [0.1, 0.15) is 11.9 Å². The number of benzene rings is 1. The van der Waals surface area contributed by atoms with Crippen LogP contribution in [0.3, 0.4) is 0 Å². The highest BCUT2D eigenvalue weighted by atomic mass is 32.2. The Kier molecular flexibility index (Phi) is 9.92. The Bertz CT molecular complexity index is 1330. The predicted molar refractivity (Wildman–Crippen MR) is 154 cm³/mol. The summed E-state index contributed by atoms with van der Waals surface area (Å²) in [6.45, 7) is 3.73. The van der Waals surface area contributed by atoms with Crippen LogP contribution in [0.15, 0.2) is 35.7 Å². The molecule has 226 valence electrons. The minimum Gasteiger partial charge on any atom is -0.488 e. The van der Waals surface area contributed by atoms with E-state index >= 15 is 0 Å². The number of hydrogen-bond donors (Lipinski definition) is 3. The quantitative estimate of drug-likeness (QED) is 0.428. The fourth-order valence-corrected chi connectivity index (χ4v) is 6.50. The van der Waals surface area contributed by atoms with Gasteiger partial charge in [-0.3, -0.25) is 4.79 Å². The number of carbonyl (C=O) groups excluding carboxylic acids is 2. The number of carbonyl (C=O) groups is 2. The van der Waals surface area contributed by atoms with Gasteiger partial charge in [0.2, 0.25) is 5.91 Å². The van der Waals surface area contributed by atoms with Gasteiger partial charge >= 0.3 is 6.03 Å². The molecule has 3 amide bonds. The van der Waals surface area contributed by atoms with Crippen molar-refractivity contribution >= 4 is 27.6 Å². The minimum atomic E-state index is -3.88. The first-order valence-corrected chi connectivity index (χ1v) is 15.6. The zero-order chi connectivity index (χ0) is 29.7. The maximum Gasteiger partial charge on any atom is 0.319 e. The molecular weight excluding hydrogens is 548 g/mol. The largest absolute Gasteiger partial charge is 0.488 e. The number of sulfonamides is 1. The van der Waals surface area contributed by atoms with Crippen LogP contribution in [0.1, 0.15) is 51.5 Å². The van der Waals surface area contributed by atoms with Crippen LogP contribution in [-0.2, 0) is 28.3 Å². The van der Waals surface area contributed by atoms with Crippen molar-refractivity contribution in [3.8, 4) is 5.75 Å². The van der Waals surface area contributed by atoms with E-state index in [0.717, 1.165) is 25.7 Å². The van der Waals surface area contributed by atoms with Gasteiger partial charge in [0, 0.05) is 50.0 Å². The number of amides is 3. The topological polar surface area (TPSA) is 146 Å². The molecule has 1 fully saturated rings. The number of nitrogens with zero attached hydrogens (tertiary/aromatic N) is 4. The Morgan fingerprint density at radius 3 is 2.66 bits per heavy atom. The number of hydrogen-bond acceptors (Lipinski definition) is 7. The van der Waals surface area contributed by atoms with E-state index in [1.807, 2.05) is 6.92 Å². The molecule has 3 N–H and O–H groups in total. The van der Waals surface area contributed by atoms with Crippen molar-refractivity contribution < 1.29 is 27.9 Å². The van der Waals surface area contributed by atoms with E-state index in [2.05, 4.69) is 15.6 Å². The molecule has 41 heavy (non-hydrogen) atoms. The second kappa shape index (κ2) is 13.2. The summed E-state index contributed by atoms with van der Waals surface area (Å²) in [7, 11) is -0.705. The van der Waals surface area contributed by atoms with Gasteiger partial charge in [0.15, 0.2) is 5.03 Å². The highest BCUT2D eigenvalue weighted by Crippen LogP contribution is 2.30. The third kappa shape index (κ3) is 7.57. The monoisotopic (exact) mass is 590 g/mol. The van der Waals surface area contributed by atoms with Gasteiger partial charge in [-0.25, -0.2) is 18.2 Å². The lowest BCUT2D eigenvalue weighted by atomic mass is 9.96. The van der Waals surface area contributed by atoms with Crippen LogP contribution < -0.4 is 15.4 Å². The van der Waals surface area contributed by atoms with Gasteiger partial charge in [0.25, 0.3) is 10.0 Å². The van der Waals surface area contributed by atoms with E-state index in [1.54, 1.807) is 41.6 Å². The fraction of sp³-hybridized carbons (Fsp3) is 0.607. The summed E-state index contributed by atoms with van der Waals surface area (Å²) in [4.78, 5) is 31.7. The molecule has 4 rings (SSSR count). The van der Waals surface area contributed by atoms with Crippen molar-refractivity contribution in [2.45, 2.75) is 75.6 Å². The van der Waals surface area contributed by atoms with Crippen molar-refractivity contribution in [1.82, 2.24) is 24.1 Å². The zero-order valence-electron chi connectivity index (χ0n) is 24.2. The van der Waals surface area contributed by atoms with Crippen molar-refractivity contribution in [2.24, 2.45) is 13.0 Å². The number of aliphatic hydroxyl groups excluding tert-OH is 1. The zero-order valence-corrected chi connectivity index (χ0v) is 25.1. The predicted octanol–water partition coefficient (Wildman–Crippen LogP) is 2.34. The Morgan fingerprint density at radius 1 is 1.27 bits per heavy atom. The summed E-state index contributed by atoms with van der Waals surface area (Å²) in [6.07, 6.45) is 7.56. The maximum atomic E-state index is 13.4. The van der Waals surface area contributed by atoms with Gasteiger partial charge in [-0.15, -0.1) is 0 Å². The highest BCUT2D eigenvalue weighted by Gasteiger charge is 2.34. The third-order valence-electron chi connectivity index (χ3n) is 7.91. The first-order valence-electron chi connectivity index (χ1n) is 14.2. The molecule has 0 bridgehead atoms. The average molecular weight is 591 g/mol. The molecule has 12 nitrogen and oxygen atoms in total. The Hall–Kier alpha value is -3.16. The number of nitrogens with one attached hydrogen (secondary N) is 2. The van der Waals surface area contributed by atoms with E-state index in [4.69, 9.17) is 4.74 Å². The number of fused-ring (bicyclic) bond motifs is 1. The molecule has 13 heteroatoms. The Morgan fingerprint density at radius 2 is 2.00 bits per heavy atom. The lowest BCUT2D eigenvalue weighted by Gasteiger charge is -2.33. The molecule has 0 radical (unpaired) electrons. The average Bonchev–Trinajstić information content (AvgIpc) is 3.40. The van der Waals surface area contributed by atoms with Gasteiger partial charge in [-0.2, -0.15) is 4.31 Å². The van der Waals surface area contributed by atoms with Crippen molar-refractivity contribution in [3.05, 3.63) is 36.3 Å². The Labute approximate surface area is 242 Å². The van der Waals surface area contributed by atoms with Gasteiger partial charge in [0.05, 0.1) is 31.9 Å². The van der Waals surface area contributed by atoms with E-state index in [9.17, 15) is 23.1 Å². The summed E-state index contributed by atoms with van der Waals surface area (Å²) >= 11 is 0. The summed E-state index contributed by atoms with van der Waals surface area (Å²) in [5.41, 5.74) is 1.09. The summed E-state index contributed by atoms with van der Waals surface area (Å²) in [6, 6.07) is 4.55. The number of anilines is 1. The molecule has 2 aliphatic rings. The second-order valence-corrected chi connectivity index (χ2v) is 13.3. The molecule has 2 aromatic rings. The highest BCUT2D eigenvalue weighted by molar-refractivity contribution is 7.89. The van der Waals surface area contributed by atoms with Crippen LogP contribution in [0.4, 0.5) is 10.5 Å². The Balaban J connectivity index is 1.59. The molecule has 3 atom stereocenters. The van der Waals surface area contributed by atoms with Crippen LogP contribution >= 0.6 is 0 Å². The van der Waals surface area contributed by atoms with Crippen LogP contribution in [0.2, 0.25) is 0 Å². The molecule has 1 aliphatic carbocycles. The molecule has 0 unspecified atom stereocenters. The van der Waals surface area contributed by atoms with Gasteiger partial charge in [-0.05, 0) is 38.0 Å². The van der Waals surface area contributed by atoms with Crippen molar-refractivity contribution in [3.63, 3.8) is 0 Å². The van der Waals surface area contributed by atoms with Crippen LogP contribution in [0, 0.1) is 5.92 Å². The first-order chi connectivity index (χ1) is 19.5. The minimum absolute atomic E-state index is 0.000943. The number of aryl methyl sites for hydroxylation is 1. The van der Waals surface area contributed by atoms with E-state index in [0.29, 0.717) is 17.0 Å². The number of likely N-dealkylation sites (N-methyl/N-ethyl adjacent to an activating group) is 1. The lowest BCUT2D eigenvalue weighted by Crippen LogP contribution is -2.48. The maximum absolute atomic E-state index is 13.4. The number of rotatable bonds is 8. The van der Waals surface area contributed by atoms with Gasteiger partial charge in [-0.1, -0.05) is 26.2 Å². The fourth-order valence-electron chi connectivity index (χ4n) is 5.36. The third-order valence-corrected chi connectivity index (χ3v) is 9.62. The number of aliphatic hydroxyl groups is 1. The van der Waals surface area contributed by atoms with Crippen molar-refractivity contribution in [2.75, 3.05) is 32.1 Å². The van der Waals surface area contributed by atoms with E-state index in [-0.39, 0.29) is 55.0 Å². The molecule has 1 aromatic heterocycles. The molecule has 1 aromatic carbocycles. The number of ether oxygens (including phenoxy) is 1. The summed E-state index contributed by atoms with van der Waals surface area (Å²) < 4.78 is 35.6. The van der Waals surface area contributed by atoms with Crippen molar-refractivity contribution in [1.29, 1.82) is 0 Å². The number of aromatic nitrogens is 2. The lowest BCUT2D eigenvalue weighted by molar-refractivity contribution is -0.134. The summed E-state index contributed by atoms with van der Waals surface area (Å²) in [5, 5.41) is 15.7. The smallest absolute Gasteiger partial charge is 0.319 e. The normalized spacial score (nSPS) is 21.3. The summed E-state index contributed by atoms with van der Waals surface area (Å²) in [5.74, 6) is -0.0305. The molecular formula is C28H42N6O6S. The van der Waals surface area contributed by atoms with E-state index in [1.165, 1.54) is 30.3 Å². The molecule has 1 aliphatic heterocycles. The van der Waals surface area contributed by atoms with Crippen LogP contribution in [-0.4, -0.2) is 89.2 Å². The SMILES string of the molecule is C[C@H](CO)N1C[C@H](C)[C@H](CN(C)S(=O)(=O)c2cn(C)cn2)Oc2ccc(NC(=O)NC3CCCCC3)cc2CC1=O. The van der Waals surface area contributed by atoms with Crippen LogP contribution in [0.5, 0.6) is 5.75 Å². The second-order valence-electron chi connectivity index (χ2n) is 11.3. The standard InChI is InChI=1S/C28H42N6O6S/c1-19-14-34(20(2)17-35)27(36)13-21-12-23(31-28(37)30-22-8-6-5-7-9-22)10-11-24(21)40-25(19)15-33(4)41(38,39)26-16-32(3)18-29-26/h10-12,16,18-20,22,25,35H,5-9,13-15,17H2,1-4H3,(H2,30,31,37)/t19-,20+,25-/m0/s1. The van der Waals surface area contributed by atoms with Gasteiger partial charge < -0.3 is 29.9 Å². The molecule has 0 saturated heterocycles. The van der Waals surface area contributed by atoms with E-state index < -0.39 is 22.2 Å². The number of urea groups is 1. The molecule has 2 heterocycles.